The summed E-state index contributed by atoms with van der Waals surface area (Å²) in [5, 5.41) is 0. The average Bonchev–Trinajstić information content (AvgIpc) is 2.66. The Morgan fingerprint density at radius 1 is 0.885 bits per heavy atom. The topological polar surface area (TPSA) is 26.3 Å². The number of methoxy groups -OCH3 is 1. The summed E-state index contributed by atoms with van der Waals surface area (Å²) >= 11 is 1.94. The monoisotopic (exact) mass is 380 g/mol. The van der Waals surface area contributed by atoms with E-state index in [0.717, 1.165) is 18.6 Å². The van der Waals surface area contributed by atoms with Gasteiger partial charge in [0.2, 0.25) is 0 Å². The van der Waals surface area contributed by atoms with E-state index >= 15 is 0 Å². The van der Waals surface area contributed by atoms with E-state index in [1.807, 2.05) is 17.8 Å². The minimum absolute atomic E-state index is 0.131. The van der Waals surface area contributed by atoms with Crippen LogP contribution in [0.25, 0.3) is 0 Å². The molecule has 0 atom stereocenters. The van der Waals surface area contributed by atoms with Gasteiger partial charge in [-0.25, -0.2) is 0 Å². The number of thioether (sulfide) groups is 1. The van der Waals surface area contributed by atoms with Gasteiger partial charge >= 0.3 is 5.97 Å². The third kappa shape index (κ3) is 21.1. The Balaban J connectivity index is 3.27. The summed E-state index contributed by atoms with van der Waals surface area (Å²) in [5.41, 5.74) is 3.18. The first kappa shape index (κ1) is 25.1. The minimum Gasteiger partial charge on any atom is -0.469 e. The molecule has 0 unspecified atom stereocenters. The third-order valence-electron chi connectivity index (χ3n) is 4.21. The van der Waals surface area contributed by atoms with E-state index in [2.05, 4.69) is 35.6 Å². The summed E-state index contributed by atoms with van der Waals surface area (Å²) < 4.78 is 4.60. The van der Waals surface area contributed by atoms with Crippen LogP contribution in [0.4, 0.5) is 0 Å². The van der Waals surface area contributed by atoms with Gasteiger partial charge in [-0.15, -0.1) is 5.73 Å². The van der Waals surface area contributed by atoms with Crippen LogP contribution in [0.2, 0.25) is 0 Å². The second-order valence-corrected chi connectivity index (χ2v) is 7.79. The Bertz CT molecular complexity index is 395. The summed E-state index contributed by atoms with van der Waals surface area (Å²) in [7, 11) is 1.43. The first-order chi connectivity index (χ1) is 12.8. The van der Waals surface area contributed by atoms with Crippen LogP contribution in [0.1, 0.15) is 90.4 Å². The van der Waals surface area contributed by atoms with Crippen LogP contribution in [-0.4, -0.2) is 24.6 Å². The lowest BCUT2D eigenvalue weighted by Crippen LogP contribution is -1.98. The van der Waals surface area contributed by atoms with Crippen LogP contribution in [0.15, 0.2) is 30.0 Å². The minimum atomic E-state index is -0.131. The molecule has 3 heteroatoms. The number of carbonyl (C=O) groups is 1. The molecule has 0 aromatic rings. The second-order valence-electron chi connectivity index (χ2n) is 6.64. The molecule has 0 radical (unpaired) electrons. The molecule has 0 aromatic heterocycles. The maximum absolute atomic E-state index is 10.9. The lowest BCUT2D eigenvalue weighted by atomic mass is 10.1. The van der Waals surface area contributed by atoms with Gasteiger partial charge in [0.05, 0.1) is 7.11 Å². The molecule has 0 bridgehead atoms. The van der Waals surface area contributed by atoms with Crippen LogP contribution in [-0.2, 0) is 9.53 Å². The lowest BCUT2D eigenvalue weighted by molar-refractivity contribution is -0.140. The molecule has 0 aliphatic rings. The SMILES string of the molecule is CCCCCCCCCC/C=C\CCSCC=C=CCCCC(=O)OC. The Morgan fingerprint density at radius 2 is 1.58 bits per heavy atom. The van der Waals surface area contributed by atoms with Crippen LogP contribution >= 0.6 is 11.8 Å². The molecule has 0 heterocycles. The highest BCUT2D eigenvalue weighted by Crippen LogP contribution is 2.10. The maximum Gasteiger partial charge on any atom is 0.305 e. The summed E-state index contributed by atoms with van der Waals surface area (Å²) in [6, 6.07) is 0. The molecule has 150 valence electrons. The van der Waals surface area contributed by atoms with Crippen LogP contribution in [0, 0.1) is 0 Å². The number of unbranched alkanes of at least 4 members (excludes halogenated alkanes) is 9. The number of esters is 1. The Labute approximate surface area is 166 Å². The number of rotatable bonds is 18. The highest BCUT2D eigenvalue weighted by atomic mass is 32.2. The number of ether oxygens (including phenoxy) is 1. The van der Waals surface area contributed by atoms with Crippen LogP contribution in [0.5, 0.6) is 0 Å². The molecule has 0 N–H and O–H groups in total. The largest absolute Gasteiger partial charge is 0.469 e. The predicted molar refractivity (Wildman–Crippen MR) is 117 cm³/mol. The van der Waals surface area contributed by atoms with Gasteiger partial charge in [0.15, 0.2) is 0 Å². The Hall–Kier alpha value is -0.920. The Kier molecular flexibility index (Phi) is 21.3. The first-order valence-corrected chi connectivity index (χ1v) is 11.7. The van der Waals surface area contributed by atoms with Gasteiger partial charge in [0, 0.05) is 12.2 Å². The third-order valence-corrected chi connectivity index (χ3v) is 5.14. The van der Waals surface area contributed by atoms with Crippen molar-refractivity contribution in [3.05, 3.63) is 30.0 Å². The number of hydrogen-bond acceptors (Lipinski definition) is 3. The molecule has 0 saturated carbocycles. The molecular formula is C23H40O2S. The summed E-state index contributed by atoms with van der Waals surface area (Å²) in [5.74, 6) is 2.06. The molecule has 0 aliphatic heterocycles. The second kappa shape index (κ2) is 22.1. The van der Waals surface area contributed by atoms with Gasteiger partial charge in [0.25, 0.3) is 0 Å². The summed E-state index contributed by atoms with van der Waals surface area (Å²) in [4.78, 5) is 10.9. The molecule has 2 nitrogen and oxygen atoms in total. The van der Waals surface area contributed by atoms with Crippen molar-refractivity contribution in [1.82, 2.24) is 0 Å². The predicted octanol–water partition coefficient (Wildman–Crippen LogP) is 7.25. The fourth-order valence-corrected chi connectivity index (χ4v) is 3.27. The first-order valence-electron chi connectivity index (χ1n) is 10.5. The average molecular weight is 381 g/mol. The van der Waals surface area contributed by atoms with Crippen LogP contribution in [0.3, 0.4) is 0 Å². The van der Waals surface area contributed by atoms with Gasteiger partial charge in [-0.05, 0) is 50.0 Å². The number of allylic oxidation sites excluding steroid dienone is 2. The van der Waals surface area contributed by atoms with Crippen LogP contribution < -0.4 is 0 Å². The van der Waals surface area contributed by atoms with Crippen molar-refractivity contribution in [2.24, 2.45) is 0 Å². The van der Waals surface area contributed by atoms with E-state index < -0.39 is 0 Å². The zero-order valence-electron chi connectivity index (χ0n) is 17.1. The molecule has 26 heavy (non-hydrogen) atoms. The number of hydrogen-bond donors (Lipinski definition) is 0. The molecule has 0 spiro atoms. The van der Waals surface area contributed by atoms with Crippen molar-refractivity contribution in [3.63, 3.8) is 0 Å². The molecule has 0 amide bonds. The fraction of sp³-hybridized carbons (Fsp3) is 0.739. The summed E-state index contributed by atoms with van der Waals surface area (Å²) in [6.45, 7) is 2.27. The number of carbonyl (C=O) groups excluding carboxylic acids is 1. The molecule has 0 aromatic carbocycles. The quantitative estimate of drug-likeness (QED) is 0.108. The summed E-state index contributed by atoms with van der Waals surface area (Å²) in [6.07, 6.45) is 24.6. The molecule has 0 rings (SSSR count). The van der Waals surface area contributed by atoms with Crippen molar-refractivity contribution in [2.45, 2.75) is 90.4 Å². The van der Waals surface area contributed by atoms with Gasteiger partial charge in [-0.2, -0.15) is 11.8 Å². The lowest BCUT2D eigenvalue weighted by Gasteiger charge is -1.99. The van der Waals surface area contributed by atoms with E-state index in [4.69, 9.17) is 0 Å². The molecule has 0 aliphatic carbocycles. The smallest absolute Gasteiger partial charge is 0.305 e. The maximum atomic E-state index is 10.9. The van der Waals surface area contributed by atoms with Crippen molar-refractivity contribution < 1.29 is 9.53 Å². The van der Waals surface area contributed by atoms with Gasteiger partial charge in [-0.1, -0.05) is 64.0 Å². The van der Waals surface area contributed by atoms with E-state index in [-0.39, 0.29) is 5.97 Å². The van der Waals surface area contributed by atoms with Gasteiger partial charge in [0.1, 0.15) is 0 Å². The van der Waals surface area contributed by atoms with E-state index in [1.165, 1.54) is 77.1 Å². The zero-order valence-corrected chi connectivity index (χ0v) is 18.0. The van der Waals surface area contributed by atoms with Crippen molar-refractivity contribution >= 4 is 17.7 Å². The standard InChI is InChI=1S/C23H40O2S/c1-3-4-5-6-7-8-9-10-11-12-15-18-21-26-22-19-16-13-14-17-20-23(24)25-2/h12-13,15,19H,3-11,14,17-18,20-22H2,1-2H3/b15-12-. The van der Waals surface area contributed by atoms with Gasteiger partial charge in [-0.3, -0.25) is 4.79 Å². The van der Waals surface area contributed by atoms with E-state index in [9.17, 15) is 4.79 Å². The van der Waals surface area contributed by atoms with Crippen molar-refractivity contribution in [1.29, 1.82) is 0 Å². The fourth-order valence-electron chi connectivity index (χ4n) is 2.59. The molecular weight excluding hydrogens is 340 g/mol. The van der Waals surface area contributed by atoms with E-state index in [0.29, 0.717) is 6.42 Å². The highest BCUT2D eigenvalue weighted by molar-refractivity contribution is 7.99. The molecule has 0 fully saturated rings. The van der Waals surface area contributed by atoms with E-state index in [1.54, 1.807) is 0 Å². The van der Waals surface area contributed by atoms with Crippen molar-refractivity contribution in [3.8, 4) is 0 Å². The van der Waals surface area contributed by atoms with Gasteiger partial charge < -0.3 is 4.74 Å². The highest BCUT2D eigenvalue weighted by Gasteiger charge is 1.96. The normalized spacial score (nSPS) is 10.7. The Morgan fingerprint density at radius 3 is 2.31 bits per heavy atom. The molecule has 0 saturated heterocycles. The zero-order chi connectivity index (χ0) is 19.1. The van der Waals surface area contributed by atoms with Crippen molar-refractivity contribution in [2.75, 3.05) is 18.6 Å².